The molecule has 2 aliphatic rings. The average Bonchev–Trinajstić information content (AvgIpc) is 3.94. The number of methoxy groups -OCH3 is 1. The van der Waals surface area contributed by atoms with Crippen molar-refractivity contribution in [2.45, 2.75) is 56.0 Å². The van der Waals surface area contributed by atoms with E-state index in [-0.39, 0.29) is 44.9 Å². The van der Waals surface area contributed by atoms with Crippen molar-refractivity contribution in [3.8, 4) is 11.1 Å². The number of carbonyl (C=O) groups is 5. The monoisotopic (exact) mass is 805 g/mol. The number of aromatic nitrogens is 1. The van der Waals surface area contributed by atoms with Crippen LogP contribution < -0.4 is 16.4 Å². The number of carbonyl (C=O) groups excluding carboxylic acids is 4. The quantitative estimate of drug-likeness (QED) is 0.0956. The number of nitrogens with two attached hydrogens (primary N) is 1. The van der Waals surface area contributed by atoms with Gasteiger partial charge in [0.15, 0.2) is 6.04 Å². The van der Waals surface area contributed by atoms with E-state index < -0.39 is 66.5 Å². The Kier molecular flexibility index (Phi) is 12.3. The van der Waals surface area contributed by atoms with Gasteiger partial charge in [-0.15, -0.1) is 0 Å². The summed E-state index contributed by atoms with van der Waals surface area (Å²) in [5, 5.41) is 15.2. The van der Waals surface area contributed by atoms with E-state index in [9.17, 15) is 33.5 Å². The number of fused-ring (bicyclic) bond motifs is 4. The molecule has 1 saturated heterocycles. The van der Waals surface area contributed by atoms with E-state index >= 15 is 0 Å². The van der Waals surface area contributed by atoms with Crippen LogP contribution in [0.25, 0.3) is 22.0 Å². The maximum atomic E-state index is 14.6. The summed E-state index contributed by atoms with van der Waals surface area (Å²) in [4.78, 5) is 71.4. The molecule has 6 N–H and O–H groups in total. The Morgan fingerprint density at radius 3 is 2.31 bits per heavy atom. The van der Waals surface area contributed by atoms with Crippen molar-refractivity contribution in [3.63, 3.8) is 0 Å². The standard InChI is InChI=1S/C44H44FN5O9/c1-57-43(55)40-38(58-24-39(51)52)15-16-50(40)42(54)37(19-27-22-47-35-14-13-28(45)20-33(27)35)48-41(53)36(18-25-7-6-8-26(17-25)21-46)49-44(56)59-23-34-31-11-4-2-9-29(31)30-10-3-5-12-32(30)34/h2-14,17,20,22,34,36-38,40,47H,15-16,18-19,21,23-24,46H2,1H3,(H,48,53)(H,49,56)(H,51,52)/t36?,37?,38-,40-/m0/s1. The maximum Gasteiger partial charge on any atom is 0.407 e. The number of benzene rings is 4. The second kappa shape index (κ2) is 17.9. The van der Waals surface area contributed by atoms with Crippen LogP contribution in [0.5, 0.6) is 0 Å². The number of rotatable bonds is 15. The van der Waals surface area contributed by atoms with Crippen LogP contribution in [-0.2, 0) is 52.8 Å². The van der Waals surface area contributed by atoms with Crippen LogP contribution in [0.15, 0.2) is 97.2 Å². The SMILES string of the molecule is COC(=O)[C@@H]1[C@@H](OCC(=O)O)CCN1C(=O)C(Cc1c[nH]c2ccc(F)cc12)NC(=O)C(Cc1cccc(CN)c1)NC(=O)OCC1c2ccccc2-c2ccccc21. The van der Waals surface area contributed by atoms with Gasteiger partial charge in [-0.05, 0) is 63.6 Å². The van der Waals surface area contributed by atoms with Crippen LogP contribution in [0.2, 0.25) is 0 Å². The van der Waals surface area contributed by atoms with E-state index in [1.165, 1.54) is 17.0 Å². The molecule has 7 rings (SSSR count). The average molecular weight is 806 g/mol. The largest absolute Gasteiger partial charge is 0.480 e. The Morgan fingerprint density at radius 2 is 1.61 bits per heavy atom. The van der Waals surface area contributed by atoms with E-state index in [0.29, 0.717) is 22.0 Å². The van der Waals surface area contributed by atoms with Crippen molar-refractivity contribution in [3.05, 3.63) is 131 Å². The van der Waals surface area contributed by atoms with Crippen LogP contribution in [0.4, 0.5) is 9.18 Å². The number of carboxylic acids is 1. The predicted molar refractivity (Wildman–Crippen MR) is 213 cm³/mol. The third-order valence-corrected chi connectivity index (χ3v) is 10.9. The zero-order chi connectivity index (χ0) is 41.6. The Balaban J connectivity index is 1.16. The predicted octanol–water partition coefficient (Wildman–Crippen LogP) is 4.19. The first-order chi connectivity index (χ1) is 28.5. The van der Waals surface area contributed by atoms with Gasteiger partial charge >= 0.3 is 18.0 Å². The zero-order valence-electron chi connectivity index (χ0n) is 32.2. The molecule has 14 nitrogen and oxygen atoms in total. The first kappa shape index (κ1) is 40.6. The molecule has 15 heteroatoms. The summed E-state index contributed by atoms with van der Waals surface area (Å²) in [7, 11) is 1.14. The molecule has 1 aliphatic heterocycles. The molecule has 0 saturated carbocycles. The lowest BCUT2D eigenvalue weighted by Gasteiger charge is -2.30. The Morgan fingerprint density at radius 1 is 0.898 bits per heavy atom. The molecule has 0 spiro atoms. The summed E-state index contributed by atoms with van der Waals surface area (Å²) in [6.45, 7) is -0.508. The number of likely N-dealkylation sites (tertiary alicyclic amines) is 1. The fourth-order valence-corrected chi connectivity index (χ4v) is 8.09. The van der Waals surface area contributed by atoms with Gasteiger partial charge in [0.25, 0.3) is 0 Å². The molecular formula is C44H44FN5O9. The van der Waals surface area contributed by atoms with E-state index in [4.69, 9.17) is 19.9 Å². The summed E-state index contributed by atoms with van der Waals surface area (Å²) >= 11 is 0. The first-order valence-electron chi connectivity index (χ1n) is 19.2. The number of carboxylic acid groups (broad SMARTS) is 1. The van der Waals surface area contributed by atoms with Gasteiger partial charge in [-0.1, -0.05) is 72.8 Å². The van der Waals surface area contributed by atoms with Gasteiger partial charge in [0.2, 0.25) is 11.8 Å². The van der Waals surface area contributed by atoms with Gasteiger partial charge in [0.1, 0.15) is 31.1 Å². The molecule has 1 aliphatic carbocycles. The highest BCUT2D eigenvalue weighted by atomic mass is 19.1. The van der Waals surface area contributed by atoms with Gasteiger partial charge in [-0.3, -0.25) is 9.59 Å². The summed E-state index contributed by atoms with van der Waals surface area (Å²) < 4.78 is 30.8. The normalized spacial score (nSPS) is 16.8. The molecule has 306 valence electrons. The van der Waals surface area contributed by atoms with E-state index in [2.05, 4.69) is 15.6 Å². The third-order valence-electron chi connectivity index (χ3n) is 10.9. The maximum absolute atomic E-state index is 14.6. The molecule has 59 heavy (non-hydrogen) atoms. The fourth-order valence-electron chi connectivity index (χ4n) is 8.09. The Labute approximate surface area is 338 Å². The second-order valence-electron chi connectivity index (χ2n) is 14.6. The Bertz CT molecular complexity index is 2340. The van der Waals surface area contributed by atoms with Crippen molar-refractivity contribution in [2.75, 3.05) is 26.9 Å². The number of hydrogen-bond acceptors (Lipinski definition) is 9. The van der Waals surface area contributed by atoms with Crippen molar-refractivity contribution in [1.82, 2.24) is 20.5 Å². The lowest BCUT2D eigenvalue weighted by atomic mass is 9.98. The molecule has 1 aromatic heterocycles. The molecule has 3 amide bonds. The second-order valence-corrected chi connectivity index (χ2v) is 14.6. The van der Waals surface area contributed by atoms with Crippen molar-refractivity contribution >= 4 is 40.7 Å². The molecule has 4 aromatic carbocycles. The zero-order valence-corrected chi connectivity index (χ0v) is 32.2. The number of esters is 1. The van der Waals surface area contributed by atoms with Gasteiger partial charge in [-0.2, -0.15) is 0 Å². The number of hydrogen-bond donors (Lipinski definition) is 5. The summed E-state index contributed by atoms with van der Waals surface area (Å²) in [6, 6.07) is 23.2. The van der Waals surface area contributed by atoms with E-state index in [1.54, 1.807) is 24.4 Å². The molecule has 0 radical (unpaired) electrons. The first-order valence-corrected chi connectivity index (χ1v) is 19.2. The van der Waals surface area contributed by atoms with Gasteiger partial charge in [0, 0.05) is 48.9 Å². The number of alkyl carbamates (subject to hydrolysis) is 1. The Hall–Kier alpha value is -6.58. The summed E-state index contributed by atoms with van der Waals surface area (Å²) in [6.07, 6.45) is -0.315. The number of nitrogens with one attached hydrogen (secondary N) is 3. The van der Waals surface area contributed by atoms with Crippen molar-refractivity contribution < 1.29 is 47.7 Å². The molecule has 1 fully saturated rings. The van der Waals surface area contributed by atoms with E-state index in [0.717, 1.165) is 34.9 Å². The number of H-pyrrole nitrogens is 1. The summed E-state index contributed by atoms with van der Waals surface area (Å²) in [5.41, 5.74) is 12.6. The highest BCUT2D eigenvalue weighted by Crippen LogP contribution is 2.44. The van der Waals surface area contributed by atoms with Crippen LogP contribution in [0.3, 0.4) is 0 Å². The number of ether oxygens (including phenoxy) is 3. The fraction of sp³-hybridized carbons (Fsp3) is 0.295. The minimum absolute atomic E-state index is 0.00984. The van der Waals surface area contributed by atoms with Crippen LogP contribution in [-0.4, -0.2) is 95.9 Å². The third kappa shape index (κ3) is 8.96. The van der Waals surface area contributed by atoms with Gasteiger partial charge < -0.3 is 45.6 Å². The molecule has 5 aromatic rings. The van der Waals surface area contributed by atoms with Crippen LogP contribution in [0, 0.1) is 5.82 Å². The lowest BCUT2D eigenvalue weighted by molar-refractivity contribution is -0.158. The highest BCUT2D eigenvalue weighted by molar-refractivity contribution is 5.95. The van der Waals surface area contributed by atoms with Crippen LogP contribution >= 0.6 is 0 Å². The number of nitrogens with zero attached hydrogens (tertiary/aromatic N) is 1. The lowest BCUT2D eigenvalue weighted by Crippen LogP contribution is -2.58. The van der Waals surface area contributed by atoms with Crippen molar-refractivity contribution in [2.24, 2.45) is 5.73 Å². The highest BCUT2D eigenvalue weighted by Gasteiger charge is 2.46. The number of aromatic amines is 1. The van der Waals surface area contributed by atoms with E-state index in [1.807, 2.05) is 60.7 Å². The topological polar surface area (TPSA) is 202 Å². The number of amides is 3. The minimum atomic E-state index is -1.36. The van der Waals surface area contributed by atoms with Gasteiger partial charge in [-0.25, -0.2) is 18.8 Å². The molecule has 0 bridgehead atoms. The minimum Gasteiger partial charge on any atom is -0.480 e. The number of halogens is 1. The molecular weight excluding hydrogens is 762 g/mol. The number of aliphatic carboxylic acids is 1. The summed E-state index contributed by atoms with van der Waals surface area (Å²) in [5.74, 6) is -4.29. The smallest absolute Gasteiger partial charge is 0.407 e. The molecule has 2 unspecified atom stereocenters. The van der Waals surface area contributed by atoms with Gasteiger partial charge in [0.05, 0.1) is 13.2 Å². The molecule has 4 atom stereocenters. The van der Waals surface area contributed by atoms with Crippen LogP contribution in [0.1, 0.15) is 40.2 Å². The van der Waals surface area contributed by atoms with Crippen molar-refractivity contribution in [1.29, 1.82) is 0 Å². The molecule has 2 heterocycles.